The van der Waals surface area contributed by atoms with E-state index in [0.29, 0.717) is 11.3 Å². The van der Waals surface area contributed by atoms with E-state index in [1.807, 2.05) is 0 Å². The van der Waals surface area contributed by atoms with Crippen LogP contribution in [-0.4, -0.2) is 30.8 Å². The summed E-state index contributed by atoms with van der Waals surface area (Å²) in [6.45, 7) is 0. The van der Waals surface area contributed by atoms with Crippen LogP contribution < -0.4 is 34.3 Å². The van der Waals surface area contributed by atoms with Crippen LogP contribution in [0.4, 0.5) is 0 Å². The molecule has 1 atom stereocenters. The Hall–Kier alpha value is -1.25. The number of aromatic nitrogens is 1. The van der Waals surface area contributed by atoms with Crippen molar-refractivity contribution in [2.45, 2.75) is 11.7 Å². The molecule has 0 aliphatic carbocycles. The topological polar surface area (TPSA) is 96.4 Å². The molecule has 1 heterocycles. The van der Waals surface area contributed by atoms with Crippen LogP contribution in [0.3, 0.4) is 0 Å². The summed E-state index contributed by atoms with van der Waals surface area (Å²) in [5.41, 5.74) is 0.579. The smallest absolute Gasteiger partial charge is 0.747 e. The Morgan fingerprint density at radius 1 is 1.17 bits per heavy atom. The maximum Gasteiger partial charge on any atom is 1.00 e. The van der Waals surface area contributed by atoms with E-state index in [-0.39, 0.29) is 35.1 Å². The Labute approximate surface area is 156 Å². The van der Waals surface area contributed by atoms with Crippen molar-refractivity contribution in [3.8, 4) is 5.75 Å². The quantitative estimate of drug-likeness (QED) is 0.377. The number of carbonyl (C=O) groups excluding carboxylic acids is 1. The number of pyridine rings is 1. The molecular formula is C15H14NNaO5S. The van der Waals surface area contributed by atoms with Gasteiger partial charge in [0, 0.05) is 24.4 Å². The first-order chi connectivity index (χ1) is 10.4. The van der Waals surface area contributed by atoms with Crippen LogP contribution in [0.25, 0.3) is 0 Å². The first-order valence-electron chi connectivity index (χ1n) is 6.43. The van der Waals surface area contributed by atoms with Crippen molar-refractivity contribution in [1.82, 2.24) is 4.98 Å². The van der Waals surface area contributed by atoms with Crippen LogP contribution in [-0.2, 0) is 10.1 Å². The molecule has 0 aliphatic heterocycles. The summed E-state index contributed by atoms with van der Waals surface area (Å²) < 4.78 is 39.3. The number of ether oxygens (including phenoxy) is 1. The van der Waals surface area contributed by atoms with E-state index in [4.69, 9.17) is 4.74 Å². The summed E-state index contributed by atoms with van der Waals surface area (Å²) >= 11 is 0. The van der Waals surface area contributed by atoms with Gasteiger partial charge >= 0.3 is 29.6 Å². The Morgan fingerprint density at radius 2 is 1.74 bits per heavy atom. The molecule has 0 radical (unpaired) electrons. The molecule has 1 aromatic heterocycles. The van der Waals surface area contributed by atoms with Crippen LogP contribution in [0.15, 0.2) is 48.8 Å². The van der Waals surface area contributed by atoms with E-state index in [1.165, 1.54) is 43.8 Å². The molecule has 6 nitrogen and oxygen atoms in total. The van der Waals surface area contributed by atoms with E-state index in [0.717, 1.165) is 0 Å². The van der Waals surface area contributed by atoms with Crippen LogP contribution in [0.2, 0.25) is 0 Å². The summed E-state index contributed by atoms with van der Waals surface area (Å²) in [4.78, 5) is 16.0. The van der Waals surface area contributed by atoms with Gasteiger partial charge in [0.25, 0.3) is 0 Å². The zero-order valence-corrected chi connectivity index (χ0v) is 15.6. The number of nitrogens with zero attached hydrogens (tertiary/aromatic N) is 1. The zero-order valence-electron chi connectivity index (χ0n) is 12.8. The van der Waals surface area contributed by atoms with Gasteiger partial charge in [0.2, 0.25) is 0 Å². The fourth-order valence-corrected chi connectivity index (χ4v) is 2.87. The number of methoxy groups -OCH3 is 1. The molecule has 0 fully saturated rings. The minimum Gasteiger partial charge on any atom is -0.747 e. The molecule has 116 valence electrons. The predicted molar refractivity (Wildman–Crippen MR) is 78.6 cm³/mol. The third kappa shape index (κ3) is 5.40. The normalized spacial score (nSPS) is 12.1. The second kappa shape index (κ2) is 8.56. The van der Waals surface area contributed by atoms with Crippen LogP contribution in [0, 0.1) is 0 Å². The fraction of sp³-hybridized carbons (Fsp3) is 0.200. The number of Topliss-reactive ketones (excluding diaryl/α,β-unsaturated/α-hetero) is 1. The van der Waals surface area contributed by atoms with Gasteiger partial charge in [-0.2, -0.15) is 0 Å². The van der Waals surface area contributed by atoms with Crippen LogP contribution in [0.1, 0.15) is 27.6 Å². The molecule has 2 rings (SSSR count). The van der Waals surface area contributed by atoms with E-state index >= 15 is 0 Å². The number of ketones is 1. The van der Waals surface area contributed by atoms with Gasteiger partial charge in [-0.3, -0.25) is 9.78 Å². The number of hydrogen-bond donors (Lipinski definition) is 0. The molecular weight excluding hydrogens is 329 g/mol. The SMILES string of the molecule is COc1ccc(C(=O)CC(c2ccncc2)S(=O)(=O)[O-])cc1.[Na+]. The van der Waals surface area contributed by atoms with Crippen molar-refractivity contribution in [3.05, 3.63) is 59.9 Å². The Morgan fingerprint density at radius 3 is 2.22 bits per heavy atom. The maximum absolute atomic E-state index is 12.2. The molecule has 1 aromatic carbocycles. The minimum absolute atomic E-state index is 0. The molecule has 0 saturated heterocycles. The number of benzene rings is 1. The molecule has 0 aliphatic rings. The monoisotopic (exact) mass is 343 g/mol. The Bertz CT molecular complexity index is 747. The minimum atomic E-state index is -4.66. The fourth-order valence-electron chi connectivity index (χ4n) is 2.03. The summed E-state index contributed by atoms with van der Waals surface area (Å²) in [6, 6.07) is 9.09. The van der Waals surface area contributed by atoms with E-state index in [1.54, 1.807) is 12.1 Å². The predicted octanol–water partition coefficient (Wildman–Crippen LogP) is -1.05. The Balaban J connectivity index is 0.00000264. The Kier molecular flexibility index (Phi) is 7.37. The molecule has 0 amide bonds. The molecule has 0 N–H and O–H groups in total. The molecule has 0 spiro atoms. The van der Waals surface area contributed by atoms with Gasteiger partial charge < -0.3 is 9.29 Å². The van der Waals surface area contributed by atoms with Gasteiger partial charge in [0.05, 0.1) is 12.4 Å². The first-order valence-corrected chi connectivity index (χ1v) is 7.91. The molecule has 23 heavy (non-hydrogen) atoms. The van der Waals surface area contributed by atoms with Crippen molar-refractivity contribution >= 4 is 15.9 Å². The third-order valence-corrected chi connectivity index (χ3v) is 4.34. The van der Waals surface area contributed by atoms with Gasteiger partial charge in [-0.05, 0) is 42.0 Å². The van der Waals surface area contributed by atoms with E-state index in [2.05, 4.69) is 4.98 Å². The second-order valence-electron chi connectivity index (χ2n) is 4.62. The summed E-state index contributed by atoms with van der Waals surface area (Å²) in [7, 11) is -3.16. The molecule has 8 heteroatoms. The summed E-state index contributed by atoms with van der Waals surface area (Å²) in [6.07, 6.45) is 2.35. The van der Waals surface area contributed by atoms with Crippen molar-refractivity contribution in [3.63, 3.8) is 0 Å². The van der Waals surface area contributed by atoms with Crippen LogP contribution in [0.5, 0.6) is 5.75 Å². The first kappa shape index (κ1) is 19.8. The largest absolute Gasteiger partial charge is 1.00 e. The molecule has 1 unspecified atom stereocenters. The average molecular weight is 343 g/mol. The van der Waals surface area contributed by atoms with E-state index < -0.39 is 27.6 Å². The zero-order chi connectivity index (χ0) is 16.2. The van der Waals surface area contributed by atoms with Gasteiger partial charge in [-0.15, -0.1) is 0 Å². The second-order valence-corrected chi connectivity index (χ2v) is 6.17. The van der Waals surface area contributed by atoms with Gasteiger partial charge in [0.15, 0.2) is 5.78 Å². The number of hydrogen-bond acceptors (Lipinski definition) is 6. The molecule has 2 aromatic rings. The molecule has 0 bridgehead atoms. The average Bonchev–Trinajstić information content (AvgIpc) is 2.52. The van der Waals surface area contributed by atoms with Crippen molar-refractivity contribution in [1.29, 1.82) is 0 Å². The summed E-state index contributed by atoms with van der Waals surface area (Å²) in [5.74, 6) is 0.155. The van der Waals surface area contributed by atoms with Crippen molar-refractivity contribution < 1.29 is 52.1 Å². The maximum atomic E-state index is 12.2. The van der Waals surface area contributed by atoms with E-state index in [9.17, 15) is 17.8 Å². The standard InChI is InChI=1S/C15H15NO5S.Na/c1-21-13-4-2-11(3-5-13)14(17)10-15(22(18,19)20)12-6-8-16-9-7-12;/h2-9,15H,10H2,1H3,(H,18,19,20);/q;+1/p-1. The van der Waals surface area contributed by atoms with Crippen molar-refractivity contribution in [2.75, 3.05) is 7.11 Å². The van der Waals surface area contributed by atoms with Gasteiger partial charge in [0.1, 0.15) is 15.9 Å². The van der Waals surface area contributed by atoms with Crippen molar-refractivity contribution in [2.24, 2.45) is 0 Å². The summed E-state index contributed by atoms with van der Waals surface area (Å²) in [5, 5.41) is -1.43. The third-order valence-electron chi connectivity index (χ3n) is 3.21. The van der Waals surface area contributed by atoms with Crippen LogP contribution >= 0.6 is 0 Å². The molecule has 0 saturated carbocycles. The van der Waals surface area contributed by atoms with Gasteiger partial charge in [-0.1, -0.05) is 0 Å². The number of carbonyl (C=O) groups is 1. The number of rotatable bonds is 6. The van der Waals surface area contributed by atoms with Gasteiger partial charge in [-0.25, -0.2) is 8.42 Å².